The van der Waals surface area contributed by atoms with E-state index in [9.17, 15) is 23.2 Å². The number of urea groups is 1. The zero-order chi connectivity index (χ0) is 21.7. The molecule has 0 aromatic heterocycles. The molecule has 2 aromatic rings. The molecule has 0 saturated carbocycles. The first-order chi connectivity index (χ1) is 14.4. The van der Waals surface area contributed by atoms with Gasteiger partial charge in [0.15, 0.2) is 0 Å². The number of ether oxygens (including phenoxy) is 1. The van der Waals surface area contributed by atoms with Crippen LogP contribution in [0.1, 0.15) is 21.5 Å². The minimum absolute atomic E-state index is 0.0160. The number of imide groups is 1. The first-order valence-corrected chi connectivity index (χ1v) is 8.84. The van der Waals surface area contributed by atoms with Gasteiger partial charge in [0.05, 0.1) is 19.2 Å². The second-order valence-corrected chi connectivity index (χ2v) is 6.39. The van der Waals surface area contributed by atoms with Crippen LogP contribution in [0.15, 0.2) is 36.4 Å². The minimum Gasteiger partial charge on any atom is -0.497 e. The molecule has 0 fully saturated rings. The molecule has 4 amide bonds. The number of rotatable bonds is 5. The molecule has 0 radical (unpaired) electrons. The Morgan fingerprint density at radius 1 is 1.30 bits per heavy atom. The SMILES string of the molecule is COc1ccc2c(c1)C(=O)N(C[C@@H](C#Cc1ccc(F)cc1F)NC(=O)NC=O)C2. The van der Waals surface area contributed by atoms with Crippen molar-refractivity contribution in [1.29, 1.82) is 0 Å². The van der Waals surface area contributed by atoms with Gasteiger partial charge in [-0.15, -0.1) is 0 Å². The van der Waals surface area contributed by atoms with Crippen LogP contribution in [-0.4, -0.2) is 42.9 Å². The molecule has 9 heteroatoms. The first-order valence-electron chi connectivity index (χ1n) is 8.84. The van der Waals surface area contributed by atoms with Crippen LogP contribution in [0.2, 0.25) is 0 Å². The van der Waals surface area contributed by atoms with E-state index in [2.05, 4.69) is 17.2 Å². The second-order valence-electron chi connectivity index (χ2n) is 6.39. The van der Waals surface area contributed by atoms with Crippen molar-refractivity contribution in [1.82, 2.24) is 15.5 Å². The number of nitrogens with one attached hydrogen (secondary N) is 2. The molecule has 30 heavy (non-hydrogen) atoms. The second kappa shape index (κ2) is 9.05. The molecule has 154 valence electrons. The zero-order valence-electron chi connectivity index (χ0n) is 15.9. The number of hydrogen-bond donors (Lipinski definition) is 2. The van der Waals surface area contributed by atoms with Gasteiger partial charge >= 0.3 is 6.03 Å². The maximum absolute atomic E-state index is 13.8. The average Bonchev–Trinajstić information content (AvgIpc) is 3.02. The van der Waals surface area contributed by atoms with Crippen LogP contribution >= 0.6 is 0 Å². The van der Waals surface area contributed by atoms with E-state index in [1.165, 1.54) is 18.1 Å². The third-order valence-corrected chi connectivity index (χ3v) is 4.41. The molecule has 2 aromatic carbocycles. The monoisotopic (exact) mass is 413 g/mol. The average molecular weight is 413 g/mol. The van der Waals surface area contributed by atoms with Gasteiger partial charge in [-0.25, -0.2) is 13.6 Å². The molecule has 1 aliphatic rings. The molecule has 2 N–H and O–H groups in total. The Morgan fingerprint density at radius 2 is 2.10 bits per heavy atom. The maximum Gasteiger partial charge on any atom is 0.322 e. The minimum atomic E-state index is -0.922. The Bertz CT molecular complexity index is 1060. The molecule has 0 bridgehead atoms. The van der Waals surface area contributed by atoms with Gasteiger partial charge in [-0.05, 0) is 29.8 Å². The van der Waals surface area contributed by atoms with Gasteiger partial charge in [-0.1, -0.05) is 17.9 Å². The fraction of sp³-hybridized carbons (Fsp3) is 0.190. The number of fused-ring (bicyclic) bond motifs is 1. The lowest BCUT2D eigenvalue weighted by Gasteiger charge is -2.21. The summed E-state index contributed by atoms with van der Waals surface area (Å²) in [5.41, 5.74) is 1.19. The third-order valence-electron chi connectivity index (χ3n) is 4.41. The van der Waals surface area contributed by atoms with Crippen LogP contribution in [0, 0.1) is 23.5 Å². The Morgan fingerprint density at radius 3 is 2.80 bits per heavy atom. The third kappa shape index (κ3) is 4.72. The van der Waals surface area contributed by atoms with Gasteiger partial charge in [0.2, 0.25) is 6.41 Å². The Hall–Kier alpha value is -3.93. The van der Waals surface area contributed by atoms with E-state index in [4.69, 9.17) is 4.74 Å². The summed E-state index contributed by atoms with van der Waals surface area (Å²) in [6.07, 6.45) is 0.197. The fourth-order valence-electron chi connectivity index (χ4n) is 2.97. The molecule has 0 spiro atoms. The van der Waals surface area contributed by atoms with E-state index >= 15 is 0 Å². The summed E-state index contributed by atoms with van der Waals surface area (Å²) in [6, 6.07) is 6.31. The zero-order valence-corrected chi connectivity index (χ0v) is 15.9. The van der Waals surface area contributed by atoms with Gasteiger partial charge in [-0.2, -0.15) is 0 Å². The fourth-order valence-corrected chi connectivity index (χ4v) is 2.97. The highest BCUT2D eigenvalue weighted by Gasteiger charge is 2.29. The van der Waals surface area contributed by atoms with Crippen LogP contribution in [0.25, 0.3) is 0 Å². The summed E-state index contributed by atoms with van der Waals surface area (Å²) in [5, 5.41) is 4.37. The van der Waals surface area contributed by atoms with E-state index in [1.54, 1.807) is 18.2 Å². The van der Waals surface area contributed by atoms with Crippen LogP contribution in [0.5, 0.6) is 5.75 Å². The summed E-state index contributed by atoms with van der Waals surface area (Å²) < 4.78 is 32.0. The number of halogens is 2. The predicted molar refractivity (Wildman–Crippen MR) is 102 cm³/mol. The Labute approximate surface area is 171 Å². The highest BCUT2D eigenvalue weighted by molar-refractivity contribution is 5.98. The lowest BCUT2D eigenvalue weighted by Crippen LogP contribution is -2.46. The van der Waals surface area contributed by atoms with Crippen molar-refractivity contribution in [3.63, 3.8) is 0 Å². The van der Waals surface area contributed by atoms with E-state index in [1.807, 2.05) is 5.32 Å². The van der Waals surface area contributed by atoms with Crippen LogP contribution in [-0.2, 0) is 11.3 Å². The summed E-state index contributed by atoms with van der Waals surface area (Å²) in [4.78, 5) is 36.4. The van der Waals surface area contributed by atoms with Gasteiger partial charge in [0, 0.05) is 18.2 Å². The Balaban J connectivity index is 1.81. The normalized spacial score (nSPS) is 13.0. The van der Waals surface area contributed by atoms with Crippen molar-refractivity contribution in [3.05, 3.63) is 64.7 Å². The highest BCUT2D eigenvalue weighted by atomic mass is 19.1. The number of methoxy groups -OCH3 is 1. The topological polar surface area (TPSA) is 87.7 Å². The van der Waals surface area contributed by atoms with Crippen LogP contribution < -0.4 is 15.4 Å². The van der Waals surface area contributed by atoms with Crippen molar-refractivity contribution in [2.45, 2.75) is 12.6 Å². The molecule has 0 unspecified atom stereocenters. The quantitative estimate of drug-likeness (QED) is 0.578. The molecule has 0 saturated heterocycles. The summed E-state index contributed by atoms with van der Waals surface area (Å²) >= 11 is 0. The number of carbonyl (C=O) groups excluding carboxylic acids is 3. The maximum atomic E-state index is 13.8. The van der Waals surface area contributed by atoms with Crippen molar-refractivity contribution >= 4 is 18.3 Å². The number of nitrogens with zero attached hydrogens (tertiary/aromatic N) is 1. The molecule has 1 atom stereocenters. The molecule has 1 aliphatic heterocycles. The van der Waals surface area contributed by atoms with Gasteiger partial charge in [-0.3, -0.25) is 14.9 Å². The molecule has 7 nitrogen and oxygen atoms in total. The van der Waals surface area contributed by atoms with Crippen molar-refractivity contribution < 1.29 is 27.9 Å². The van der Waals surface area contributed by atoms with E-state index in [0.29, 0.717) is 17.4 Å². The lowest BCUT2D eigenvalue weighted by molar-refractivity contribution is -0.108. The summed E-state index contributed by atoms with van der Waals surface area (Å²) in [6.45, 7) is 0.274. The van der Waals surface area contributed by atoms with Gasteiger partial charge in [0.1, 0.15) is 23.4 Å². The van der Waals surface area contributed by atoms with Crippen molar-refractivity contribution in [2.24, 2.45) is 0 Å². The summed E-state index contributed by atoms with van der Waals surface area (Å²) in [7, 11) is 1.49. The van der Waals surface area contributed by atoms with Gasteiger partial charge in [0.25, 0.3) is 5.91 Å². The molecule has 1 heterocycles. The number of hydrogen-bond acceptors (Lipinski definition) is 4. The molecule has 3 rings (SSSR count). The lowest BCUT2D eigenvalue weighted by atomic mass is 10.1. The Kier molecular flexibility index (Phi) is 6.27. The van der Waals surface area contributed by atoms with Crippen LogP contribution in [0.4, 0.5) is 13.6 Å². The largest absolute Gasteiger partial charge is 0.497 e. The predicted octanol–water partition coefficient (Wildman–Crippen LogP) is 1.81. The molecular weight excluding hydrogens is 396 g/mol. The number of amides is 4. The van der Waals surface area contributed by atoms with Gasteiger partial charge < -0.3 is 15.0 Å². The van der Waals surface area contributed by atoms with Crippen LogP contribution in [0.3, 0.4) is 0 Å². The van der Waals surface area contributed by atoms with E-state index in [-0.39, 0.29) is 31.0 Å². The molecular formula is C21H17F2N3O4. The first kappa shape index (κ1) is 20.8. The summed E-state index contributed by atoms with van der Waals surface area (Å²) in [5.74, 6) is 3.87. The van der Waals surface area contributed by atoms with Crippen molar-refractivity contribution in [3.8, 4) is 17.6 Å². The van der Waals surface area contributed by atoms with Crippen molar-refractivity contribution in [2.75, 3.05) is 13.7 Å². The smallest absolute Gasteiger partial charge is 0.322 e. The number of carbonyl (C=O) groups is 3. The van der Waals surface area contributed by atoms with E-state index < -0.39 is 23.7 Å². The molecule has 0 aliphatic carbocycles. The van der Waals surface area contributed by atoms with E-state index in [0.717, 1.165) is 11.6 Å². The number of benzene rings is 2. The highest BCUT2D eigenvalue weighted by Crippen LogP contribution is 2.26. The standard InChI is InChI=1S/C21H17F2N3O4/c1-30-17-7-4-14-10-26(20(28)18(14)9-17)11-16(25-21(29)24-12-27)6-3-13-2-5-15(22)8-19(13)23/h2,4-5,7-9,12,16H,10-11H2,1H3,(H2,24,25,27,29)/t16-/m1/s1.